The minimum Gasteiger partial charge on any atom is -0.469 e. The second-order valence-electron chi connectivity index (χ2n) is 4.05. The third-order valence-corrected chi connectivity index (χ3v) is 3.53. The molecule has 0 unspecified atom stereocenters. The van der Waals surface area contributed by atoms with E-state index in [1.165, 1.54) is 0 Å². The molecule has 1 aromatic heterocycles. The van der Waals surface area contributed by atoms with E-state index in [4.69, 9.17) is 4.42 Å². The molecule has 1 N–H and O–H groups in total. The van der Waals surface area contributed by atoms with Crippen LogP contribution in [0.2, 0.25) is 0 Å². The average Bonchev–Trinajstić information content (AvgIpc) is 2.85. The lowest BCUT2D eigenvalue weighted by atomic mass is 10.1. The number of nitrogens with one attached hydrogen (secondary N) is 1. The van der Waals surface area contributed by atoms with Gasteiger partial charge in [-0.15, -0.1) is 0 Å². The molecule has 1 amide bonds. The number of amides is 1. The molecule has 0 radical (unpaired) electrons. The molecule has 4 heteroatoms. The Balaban J connectivity index is 1.89. The third kappa shape index (κ3) is 3.23. The lowest BCUT2D eigenvalue weighted by Gasteiger charge is -2.05. The van der Waals surface area contributed by atoms with E-state index in [1.807, 2.05) is 37.3 Å². The molecule has 0 atom stereocenters. The summed E-state index contributed by atoms with van der Waals surface area (Å²) in [7, 11) is 0. The molecule has 0 saturated heterocycles. The highest BCUT2D eigenvalue weighted by Gasteiger charge is 2.06. The van der Waals surface area contributed by atoms with Crippen LogP contribution in [0, 0.1) is 6.92 Å². The van der Waals surface area contributed by atoms with Crippen LogP contribution in [0.1, 0.15) is 21.7 Å². The maximum absolute atomic E-state index is 11.9. The van der Waals surface area contributed by atoms with Crippen LogP contribution in [0.3, 0.4) is 0 Å². The molecule has 2 aromatic rings. The minimum atomic E-state index is -0.0674. The summed E-state index contributed by atoms with van der Waals surface area (Å²) in [6.07, 6.45) is 2.33. The second kappa shape index (κ2) is 5.87. The van der Waals surface area contributed by atoms with E-state index >= 15 is 0 Å². The Morgan fingerprint density at radius 1 is 1.39 bits per heavy atom. The zero-order chi connectivity index (χ0) is 13.0. The van der Waals surface area contributed by atoms with Crippen LogP contribution in [0.5, 0.6) is 0 Å². The number of aryl methyl sites for hydroxylation is 1. The Kier molecular flexibility index (Phi) is 4.20. The monoisotopic (exact) mass is 307 g/mol. The molecule has 0 saturated carbocycles. The SMILES string of the molecule is Cc1ccc(C(=O)NCCc2ccco2)cc1Br. The summed E-state index contributed by atoms with van der Waals surface area (Å²) in [4.78, 5) is 11.9. The lowest BCUT2D eigenvalue weighted by molar-refractivity contribution is 0.0953. The van der Waals surface area contributed by atoms with E-state index in [9.17, 15) is 4.79 Å². The van der Waals surface area contributed by atoms with Crippen molar-refractivity contribution in [2.24, 2.45) is 0 Å². The van der Waals surface area contributed by atoms with E-state index < -0.39 is 0 Å². The third-order valence-electron chi connectivity index (χ3n) is 2.67. The molecule has 1 heterocycles. The van der Waals surface area contributed by atoms with Crippen molar-refractivity contribution < 1.29 is 9.21 Å². The van der Waals surface area contributed by atoms with Gasteiger partial charge in [-0.1, -0.05) is 22.0 Å². The van der Waals surface area contributed by atoms with Crippen molar-refractivity contribution in [3.63, 3.8) is 0 Å². The molecule has 0 aliphatic rings. The van der Waals surface area contributed by atoms with E-state index in [-0.39, 0.29) is 5.91 Å². The first kappa shape index (κ1) is 12.9. The number of carbonyl (C=O) groups excluding carboxylic acids is 1. The van der Waals surface area contributed by atoms with Gasteiger partial charge in [-0.2, -0.15) is 0 Å². The molecule has 0 spiro atoms. The number of hydrogen-bond acceptors (Lipinski definition) is 2. The zero-order valence-electron chi connectivity index (χ0n) is 10.1. The van der Waals surface area contributed by atoms with Gasteiger partial charge >= 0.3 is 0 Å². The van der Waals surface area contributed by atoms with Gasteiger partial charge in [0, 0.05) is 23.0 Å². The molecule has 1 aromatic carbocycles. The molecule has 0 bridgehead atoms. The number of furan rings is 1. The Hall–Kier alpha value is -1.55. The van der Waals surface area contributed by atoms with E-state index in [2.05, 4.69) is 21.2 Å². The van der Waals surface area contributed by atoms with Crippen LogP contribution in [0.4, 0.5) is 0 Å². The lowest BCUT2D eigenvalue weighted by Crippen LogP contribution is -2.25. The van der Waals surface area contributed by atoms with Gasteiger partial charge in [0.25, 0.3) is 5.91 Å². The van der Waals surface area contributed by atoms with Gasteiger partial charge in [0.15, 0.2) is 0 Å². The molecular weight excluding hydrogens is 294 g/mol. The predicted octanol–water partition coefficient (Wildman–Crippen LogP) is 3.32. The van der Waals surface area contributed by atoms with E-state index in [1.54, 1.807) is 6.26 Å². The molecule has 2 rings (SSSR count). The van der Waals surface area contributed by atoms with Gasteiger partial charge < -0.3 is 9.73 Å². The smallest absolute Gasteiger partial charge is 0.251 e. The van der Waals surface area contributed by atoms with Crippen molar-refractivity contribution in [3.05, 3.63) is 58.0 Å². The molecule has 0 aliphatic carbocycles. The van der Waals surface area contributed by atoms with E-state index in [0.717, 1.165) is 15.8 Å². The Morgan fingerprint density at radius 3 is 2.89 bits per heavy atom. The van der Waals surface area contributed by atoms with Crippen LogP contribution in [-0.4, -0.2) is 12.5 Å². The van der Waals surface area contributed by atoms with Crippen molar-refractivity contribution in [2.75, 3.05) is 6.54 Å². The number of rotatable bonds is 4. The van der Waals surface area contributed by atoms with Gasteiger partial charge in [-0.05, 0) is 36.8 Å². The number of benzene rings is 1. The fourth-order valence-electron chi connectivity index (χ4n) is 1.59. The van der Waals surface area contributed by atoms with E-state index in [0.29, 0.717) is 18.5 Å². The van der Waals surface area contributed by atoms with Gasteiger partial charge in [0.1, 0.15) is 5.76 Å². The van der Waals surface area contributed by atoms with Crippen molar-refractivity contribution in [2.45, 2.75) is 13.3 Å². The Morgan fingerprint density at radius 2 is 2.22 bits per heavy atom. The fourth-order valence-corrected chi connectivity index (χ4v) is 1.97. The van der Waals surface area contributed by atoms with Crippen LogP contribution in [-0.2, 0) is 6.42 Å². The number of halogens is 1. The average molecular weight is 308 g/mol. The Labute approximate surface area is 114 Å². The summed E-state index contributed by atoms with van der Waals surface area (Å²) < 4.78 is 6.14. The molecule has 18 heavy (non-hydrogen) atoms. The van der Waals surface area contributed by atoms with Crippen molar-refractivity contribution >= 4 is 21.8 Å². The van der Waals surface area contributed by atoms with Crippen molar-refractivity contribution in [1.82, 2.24) is 5.32 Å². The highest BCUT2D eigenvalue weighted by Crippen LogP contribution is 2.17. The minimum absolute atomic E-state index is 0.0674. The molecular formula is C14H14BrNO2. The normalized spacial score (nSPS) is 10.3. The first-order valence-electron chi connectivity index (χ1n) is 5.73. The molecule has 0 fully saturated rings. The summed E-state index contributed by atoms with van der Waals surface area (Å²) in [5.74, 6) is 0.808. The van der Waals surface area contributed by atoms with Crippen molar-refractivity contribution in [1.29, 1.82) is 0 Å². The predicted molar refractivity (Wildman–Crippen MR) is 73.6 cm³/mol. The molecule has 94 valence electrons. The molecule has 3 nitrogen and oxygen atoms in total. The fraction of sp³-hybridized carbons (Fsp3) is 0.214. The maximum Gasteiger partial charge on any atom is 0.251 e. The number of hydrogen-bond donors (Lipinski definition) is 1. The van der Waals surface area contributed by atoms with Crippen LogP contribution in [0.15, 0.2) is 45.5 Å². The topological polar surface area (TPSA) is 42.2 Å². The first-order chi connectivity index (χ1) is 8.66. The quantitative estimate of drug-likeness (QED) is 0.941. The van der Waals surface area contributed by atoms with Crippen molar-refractivity contribution in [3.8, 4) is 0 Å². The largest absolute Gasteiger partial charge is 0.469 e. The highest BCUT2D eigenvalue weighted by molar-refractivity contribution is 9.10. The summed E-state index contributed by atoms with van der Waals surface area (Å²) in [5, 5.41) is 2.86. The number of carbonyl (C=O) groups is 1. The van der Waals surface area contributed by atoms with Crippen LogP contribution >= 0.6 is 15.9 Å². The van der Waals surface area contributed by atoms with Gasteiger partial charge in [-0.25, -0.2) is 0 Å². The highest BCUT2D eigenvalue weighted by atomic mass is 79.9. The van der Waals surface area contributed by atoms with Crippen LogP contribution < -0.4 is 5.32 Å². The summed E-state index contributed by atoms with van der Waals surface area (Å²) in [5.41, 5.74) is 1.77. The second-order valence-corrected chi connectivity index (χ2v) is 4.90. The summed E-state index contributed by atoms with van der Waals surface area (Å²) >= 11 is 3.42. The first-order valence-corrected chi connectivity index (χ1v) is 6.53. The summed E-state index contributed by atoms with van der Waals surface area (Å²) in [6.45, 7) is 2.56. The standard InChI is InChI=1S/C14H14BrNO2/c1-10-4-5-11(9-13(10)15)14(17)16-7-6-12-3-2-8-18-12/h2-5,8-9H,6-7H2,1H3,(H,16,17). The Bertz CT molecular complexity index is 535. The van der Waals surface area contributed by atoms with Gasteiger partial charge in [0.2, 0.25) is 0 Å². The van der Waals surface area contributed by atoms with Gasteiger partial charge in [0.05, 0.1) is 6.26 Å². The molecule has 0 aliphatic heterocycles. The maximum atomic E-state index is 11.9. The van der Waals surface area contributed by atoms with Gasteiger partial charge in [-0.3, -0.25) is 4.79 Å². The summed E-state index contributed by atoms with van der Waals surface area (Å²) in [6, 6.07) is 9.31. The van der Waals surface area contributed by atoms with Crippen LogP contribution in [0.25, 0.3) is 0 Å². The zero-order valence-corrected chi connectivity index (χ0v) is 11.7.